The fourth-order valence-corrected chi connectivity index (χ4v) is 3.19. The van der Waals surface area contributed by atoms with Gasteiger partial charge in [-0.15, -0.1) is 12.4 Å². The molecule has 0 aliphatic carbocycles. The van der Waals surface area contributed by atoms with Crippen LogP contribution in [-0.4, -0.2) is 60.0 Å². The second-order valence-corrected chi connectivity index (χ2v) is 7.29. The molecule has 1 unspecified atom stereocenters. The highest BCUT2D eigenvalue weighted by Gasteiger charge is 2.33. The van der Waals surface area contributed by atoms with Gasteiger partial charge in [-0.25, -0.2) is 13.1 Å². The van der Waals surface area contributed by atoms with E-state index in [4.69, 9.17) is 4.74 Å². The Morgan fingerprint density at radius 3 is 2.43 bits per heavy atom. The van der Waals surface area contributed by atoms with E-state index in [9.17, 15) is 13.2 Å². The highest BCUT2D eigenvalue weighted by atomic mass is 35.5. The van der Waals surface area contributed by atoms with Gasteiger partial charge in [-0.1, -0.05) is 0 Å². The SMILES string of the molecule is COCC1(CNC(=O)C(C)NS(C)(=O)=O)CCNCC1.Cl. The Morgan fingerprint density at radius 2 is 1.95 bits per heavy atom. The molecule has 1 rings (SSSR count). The van der Waals surface area contributed by atoms with E-state index in [1.807, 2.05) is 0 Å². The first-order chi connectivity index (χ1) is 9.28. The summed E-state index contributed by atoms with van der Waals surface area (Å²) in [6, 6.07) is -0.772. The quantitative estimate of drug-likeness (QED) is 0.578. The molecule has 0 saturated carbocycles. The third kappa shape index (κ3) is 7.42. The van der Waals surface area contributed by atoms with Crippen LogP contribution < -0.4 is 15.4 Å². The van der Waals surface area contributed by atoms with Gasteiger partial charge in [0.15, 0.2) is 0 Å². The fourth-order valence-electron chi connectivity index (χ4n) is 2.44. The molecule has 7 nitrogen and oxygen atoms in total. The summed E-state index contributed by atoms with van der Waals surface area (Å²) in [6.07, 6.45) is 2.89. The van der Waals surface area contributed by atoms with Crippen molar-refractivity contribution in [1.29, 1.82) is 0 Å². The molecule has 1 fully saturated rings. The molecule has 3 N–H and O–H groups in total. The van der Waals surface area contributed by atoms with Crippen molar-refractivity contribution >= 4 is 28.3 Å². The molecule has 9 heteroatoms. The van der Waals surface area contributed by atoms with Crippen LogP contribution in [0.5, 0.6) is 0 Å². The molecule has 1 amide bonds. The largest absolute Gasteiger partial charge is 0.384 e. The van der Waals surface area contributed by atoms with Crippen LogP contribution in [0.4, 0.5) is 0 Å². The van der Waals surface area contributed by atoms with Crippen molar-refractivity contribution in [1.82, 2.24) is 15.4 Å². The van der Waals surface area contributed by atoms with Crippen LogP contribution in [0.2, 0.25) is 0 Å². The predicted octanol–water partition coefficient (Wildman–Crippen LogP) is -0.522. The van der Waals surface area contributed by atoms with Crippen molar-refractivity contribution in [2.24, 2.45) is 5.41 Å². The van der Waals surface area contributed by atoms with E-state index in [2.05, 4.69) is 15.4 Å². The van der Waals surface area contributed by atoms with Crippen LogP contribution >= 0.6 is 12.4 Å². The first-order valence-electron chi connectivity index (χ1n) is 6.73. The molecule has 1 heterocycles. The molecule has 1 atom stereocenters. The van der Waals surface area contributed by atoms with E-state index in [0.29, 0.717) is 13.2 Å². The third-order valence-corrected chi connectivity index (χ3v) is 4.32. The summed E-state index contributed by atoms with van der Waals surface area (Å²) in [4.78, 5) is 11.9. The molecule has 0 bridgehead atoms. The Morgan fingerprint density at radius 1 is 1.38 bits per heavy atom. The van der Waals surface area contributed by atoms with Crippen molar-refractivity contribution in [3.63, 3.8) is 0 Å². The summed E-state index contributed by atoms with van der Waals surface area (Å²) in [5.41, 5.74) is -0.0690. The van der Waals surface area contributed by atoms with Crippen LogP contribution in [0.3, 0.4) is 0 Å². The number of amides is 1. The van der Waals surface area contributed by atoms with E-state index in [-0.39, 0.29) is 23.7 Å². The van der Waals surface area contributed by atoms with Crippen molar-refractivity contribution < 1.29 is 17.9 Å². The zero-order valence-electron chi connectivity index (χ0n) is 12.8. The summed E-state index contributed by atoms with van der Waals surface area (Å²) >= 11 is 0. The van der Waals surface area contributed by atoms with Gasteiger partial charge in [-0.2, -0.15) is 0 Å². The minimum absolute atomic E-state index is 0. The number of hydrogen-bond acceptors (Lipinski definition) is 5. The Kier molecular flexibility index (Phi) is 8.72. The molecule has 1 aliphatic heterocycles. The molecule has 1 aliphatic rings. The third-order valence-electron chi connectivity index (χ3n) is 3.54. The fraction of sp³-hybridized carbons (Fsp3) is 0.917. The van der Waals surface area contributed by atoms with Gasteiger partial charge in [0.2, 0.25) is 15.9 Å². The number of piperidine rings is 1. The van der Waals surface area contributed by atoms with Crippen molar-refractivity contribution in [3.8, 4) is 0 Å². The summed E-state index contributed by atoms with van der Waals surface area (Å²) in [5.74, 6) is -0.315. The zero-order valence-corrected chi connectivity index (χ0v) is 14.4. The van der Waals surface area contributed by atoms with Crippen LogP contribution in [0.25, 0.3) is 0 Å². The molecular formula is C12H26ClN3O4S. The highest BCUT2D eigenvalue weighted by Crippen LogP contribution is 2.28. The number of ether oxygens (including phenoxy) is 1. The minimum Gasteiger partial charge on any atom is -0.384 e. The second kappa shape index (κ2) is 8.89. The maximum absolute atomic E-state index is 11.9. The molecular weight excluding hydrogens is 318 g/mol. The van der Waals surface area contributed by atoms with E-state index < -0.39 is 16.1 Å². The Labute approximate surface area is 133 Å². The lowest BCUT2D eigenvalue weighted by atomic mass is 9.79. The lowest BCUT2D eigenvalue weighted by Crippen LogP contribution is -2.51. The first-order valence-corrected chi connectivity index (χ1v) is 8.62. The number of methoxy groups -OCH3 is 1. The average molecular weight is 344 g/mol. The molecule has 0 radical (unpaired) electrons. The first kappa shape index (κ1) is 20.6. The molecule has 21 heavy (non-hydrogen) atoms. The van der Waals surface area contributed by atoms with Crippen molar-refractivity contribution in [2.45, 2.75) is 25.8 Å². The van der Waals surface area contributed by atoms with Crippen LogP contribution in [0.1, 0.15) is 19.8 Å². The number of carbonyl (C=O) groups is 1. The van der Waals surface area contributed by atoms with E-state index >= 15 is 0 Å². The summed E-state index contributed by atoms with van der Waals surface area (Å²) in [6.45, 7) is 4.41. The lowest BCUT2D eigenvalue weighted by molar-refractivity contribution is -0.123. The van der Waals surface area contributed by atoms with Gasteiger partial charge in [-0.05, 0) is 32.9 Å². The summed E-state index contributed by atoms with van der Waals surface area (Å²) in [7, 11) is -1.73. The number of rotatable bonds is 7. The van der Waals surface area contributed by atoms with Crippen LogP contribution in [-0.2, 0) is 19.6 Å². The molecule has 0 spiro atoms. The van der Waals surface area contributed by atoms with Crippen LogP contribution in [0, 0.1) is 5.41 Å². The zero-order chi connectivity index (χ0) is 15.2. The predicted molar refractivity (Wildman–Crippen MR) is 84.1 cm³/mol. The Balaban J connectivity index is 0.00000400. The minimum atomic E-state index is -3.38. The lowest BCUT2D eigenvalue weighted by Gasteiger charge is -2.37. The molecule has 0 aromatic rings. The van der Waals surface area contributed by atoms with Gasteiger partial charge in [0.05, 0.1) is 18.9 Å². The standard InChI is InChI=1S/C12H25N3O4S.ClH/c1-10(15-20(3,17)18)11(16)14-8-12(9-19-2)4-6-13-7-5-12;/h10,13,15H,4-9H2,1-3H3,(H,14,16);1H. The number of nitrogens with one attached hydrogen (secondary N) is 3. The van der Waals surface area contributed by atoms with Crippen molar-refractivity contribution in [2.75, 3.05) is 39.6 Å². The van der Waals surface area contributed by atoms with Crippen molar-refractivity contribution in [3.05, 3.63) is 0 Å². The van der Waals surface area contributed by atoms with Crippen LogP contribution in [0.15, 0.2) is 0 Å². The van der Waals surface area contributed by atoms with Gasteiger partial charge in [-0.3, -0.25) is 4.79 Å². The smallest absolute Gasteiger partial charge is 0.237 e. The Bertz CT molecular complexity index is 419. The maximum atomic E-state index is 11.9. The molecule has 126 valence electrons. The number of sulfonamides is 1. The van der Waals surface area contributed by atoms with Gasteiger partial charge in [0, 0.05) is 19.1 Å². The summed E-state index contributed by atoms with van der Waals surface area (Å²) < 4.78 is 29.7. The average Bonchev–Trinajstić information content (AvgIpc) is 2.35. The van der Waals surface area contributed by atoms with E-state index in [1.165, 1.54) is 6.92 Å². The normalized spacial score (nSPS) is 19.4. The monoisotopic (exact) mass is 343 g/mol. The maximum Gasteiger partial charge on any atom is 0.237 e. The molecule has 0 aromatic heterocycles. The summed E-state index contributed by atoms with van der Waals surface area (Å²) in [5, 5.41) is 6.11. The highest BCUT2D eigenvalue weighted by molar-refractivity contribution is 7.88. The number of hydrogen-bond donors (Lipinski definition) is 3. The second-order valence-electron chi connectivity index (χ2n) is 5.51. The molecule has 0 aromatic carbocycles. The van der Waals surface area contributed by atoms with Gasteiger partial charge in [0.25, 0.3) is 0 Å². The Hall–Kier alpha value is -0.410. The van der Waals surface area contributed by atoms with E-state index in [1.54, 1.807) is 7.11 Å². The van der Waals surface area contributed by atoms with Gasteiger partial charge >= 0.3 is 0 Å². The number of halogens is 1. The van der Waals surface area contributed by atoms with Gasteiger partial charge < -0.3 is 15.4 Å². The topological polar surface area (TPSA) is 96.5 Å². The molecule has 1 saturated heterocycles. The van der Waals surface area contributed by atoms with Gasteiger partial charge in [0.1, 0.15) is 0 Å². The van der Waals surface area contributed by atoms with E-state index in [0.717, 1.165) is 32.2 Å². The number of carbonyl (C=O) groups excluding carboxylic acids is 1.